The van der Waals surface area contributed by atoms with Gasteiger partial charge < -0.3 is 5.73 Å². The van der Waals surface area contributed by atoms with Crippen molar-refractivity contribution in [3.05, 3.63) is 29.8 Å². The first-order valence-corrected chi connectivity index (χ1v) is 7.05. The molecule has 0 amide bonds. The third-order valence-corrected chi connectivity index (χ3v) is 4.74. The number of hydrogen-bond donors (Lipinski definition) is 1. The summed E-state index contributed by atoms with van der Waals surface area (Å²) in [6.07, 6.45) is 1.40. The summed E-state index contributed by atoms with van der Waals surface area (Å²) in [5.74, 6) is -1.82. The van der Waals surface area contributed by atoms with Crippen molar-refractivity contribution in [3.8, 4) is 0 Å². The van der Waals surface area contributed by atoms with Crippen LogP contribution < -0.4 is 5.73 Å². The fourth-order valence-corrected chi connectivity index (χ4v) is 3.60. The van der Waals surface area contributed by atoms with Crippen molar-refractivity contribution in [2.24, 2.45) is 5.73 Å². The standard InChI is InChI=1S/C11H14F2N2O2S/c12-8-4-9(13)6-11(5-8)18(16,17)15-3-1-2-10(14)7-15/h4-6,10H,1-3,7,14H2/t10-/m1/s1. The first kappa shape index (κ1) is 13.4. The van der Waals surface area contributed by atoms with Crippen molar-refractivity contribution >= 4 is 10.0 Å². The molecule has 100 valence electrons. The van der Waals surface area contributed by atoms with Crippen molar-refractivity contribution in [1.29, 1.82) is 0 Å². The number of benzene rings is 1. The summed E-state index contributed by atoms with van der Waals surface area (Å²) in [5, 5.41) is 0. The lowest BCUT2D eigenvalue weighted by atomic mass is 10.1. The molecule has 4 nitrogen and oxygen atoms in total. The van der Waals surface area contributed by atoms with E-state index >= 15 is 0 Å². The SMILES string of the molecule is N[C@@H]1CCCN(S(=O)(=O)c2cc(F)cc(F)c2)C1. The Morgan fingerprint density at radius 1 is 1.22 bits per heavy atom. The van der Waals surface area contributed by atoms with Gasteiger partial charge in [0.2, 0.25) is 10.0 Å². The lowest BCUT2D eigenvalue weighted by Gasteiger charge is -2.29. The predicted octanol–water partition coefficient (Wildman–Crippen LogP) is 1.08. The van der Waals surface area contributed by atoms with Gasteiger partial charge in [0.25, 0.3) is 0 Å². The van der Waals surface area contributed by atoms with E-state index in [9.17, 15) is 17.2 Å². The van der Waals surface area contributed by atoms with E-state index in [1.807, 2.05) is 0 Å². The first-order chi connectivity index (χ1) is 8.39. The third-order valence-electron chi connectivity index (χ3n) is 2.89. The average Bonchev–Trinajstić information content (AvgIpc) is 2.27. The Bertz CT molecular complexity index is 528. The fourth-order valence-electron chi connectivity index (χ4n) is 2.02. The second-order valence-corrected chi connectivity index (χ2v) is 6.31. The summed E-state index contributed by atoms with van der Waals surface area (Å²) in [7, 11) is -3.87. The van der Waals surface area contributed by atoms with Crippen LogP contribution in [-0.2, 0) is 10.0 Å². The van der Waals surface area contributed by atoms with Crippen LogP contribution in [0.4, 0.5) is 8.78 Å². The van der Waals surface area contributed by atoms with Crippen LogP contribution in [0.1, 0.15) is 12.8 Å². The number of piperidine rings is 1. The van der Waals surface area contributed by atoms with Gasteiger partial charge in [0.15, 0.2) is 0 Å². The molecule has 2 rings (SSSR count). The van der Waals surface area contributed by atoms with Gasteiger partial charge in [-0.05, 0) is 25.0 Å². The van der Waals surface area contributed by atoms with Gasteiger partial charge in [0.1, 0.15) is 11.6 Å². The highest BCUT2D eigenvalue weighted by atomic mass is 32.2. The number of hydrogen-bond acceptors (Lipinski definition) is 3. The van der Waals surface area contributed by atoms with Crippen LogP contribution in [0.3, 0.4) is 0 Å². The van der Waals surface area contributed by atoms with Crippen molar-refractivity contribution in [1.82, 2.24) is 4.31 Å². The molecule has 1 fully saturated rings. The van der Waals surface area contributed by atoms with Crippen molar-refractivity contribution in [2.75, 3.05) is 13.1 Å². The Hall–Kier alpha value is -1.05. The van der Waals surface area contributed by atoms with E-state index in [1.54, 1.807) is 0 Å². The molecule has 7 heteroatoms. The molecule has 0 radical (unpaired) electrons. The predicted molar refractivity (Wildman–Crippen MR) is 62.3 cm³/mol. The zero-order valence-corrected chi connectivity index (χ0v) is 10.5. The molecule has 1 aliphatic rings. The van der Waals surface area contributed by atoms with Gasteiger partial charge in [-0.2, -0.15) is 4.31 Å². The van der Waals surface area contributed by atoms with Crippen LogP contribution in [0.25, 0.3) is 0 Å². The molecule has 18 heavy (non-hydrogen) atoms. The fraction of sp³-hybridized carbons (Fsp3) is 0.455. The van der Waals surface area contributed by atoms with Gasteiger partial charge in [-0.15, -0.1) is 0 Å². The van der Waals surface area contributed by atoms with E-state index in [1.165, 1.54) is 4.31 Å². The molecule has 1 aromatic rings. The summed E-state index contributed by atoms with van der Waals surface area (Å²) in [6, 6.07) is 2.05. The van der Waals surface area contributed by atoms with Crippen molar-refractivity contribution in [2.45, 2.75) is 23.8 Å². The number of rotatable bonds is 2. The van der Waals surface area contributed by atoms with Crippen molar-refractivity contribution in [3.63, 3.8) is 0 Å². The number of halogens is 2. The van der Waals surface area contributed by atoms with Gasteiger partial charge in [-0.25, -0.2) is 17.2 Å². The third kappa shape index (κ3) is 2.68. The van der Waals surface area contributed by atoms with Crippen LogP contribution in [0.2, 0.25) is 0 Å². The van der Waals surface area contributed by atoms with E-state index in [2.05, 4.69) is 0 Å². The quantitative estimate of drug-likeness (QED) is 0.879. The second-order valence-electron chi connectivity index (χ2n) is 4.37. The zero-order chi connectivity index (χ0) is 13.3. The molecular weight excluding hydrogens is 262 g/mol. The highest BCUT2D eigenvalue weighted by Gasteiger charge is 2.29. The molecule has 1 aliphatic heterocycles. The highest BCUT2D eigenvalue weighted by molar-refractivity contribution is 7.89. The molecule has 0 aliphatic carbocycles. The summed E-state index contributed by atoms with van der Waals surface area (Å²) in [5.41, 5.74) is 5.71. The minimum atomic E-state index is -3.87. The molecule has 0 bridgehead atoms. The Balaban J connectivity index is 2.35. The van der Waals surface area contributed by atoms with Gasteiger partial charge >= 0.3 is 0 Å². The molecule has 1 aromatic carbocycles. The molecule has 2 N–H and O–H groups in total. The van der Waals surface area contributed by atoms with Crippen LogP contribution >= 0.6 is 0 Å². The lowest BCUT2D eigenvalue weighted by Crippen LogP contribution is -2.45. The van der Waals surface area contributed by atoms with E-state index in [-0.39, 0.29) is 17.5 Å². The van der Waals surface area contributed by atoms with Gasteiger partial charge in [0, 0.05) is 25.2 Å². The Kier molecular flexibility index (Phi) is 3.65. The zero-order valence-electron chi connectivity index (χ0n) is 9.64. The monoisotopic (exact) mass is 276 g/mol. The molecule has 1 atom stereocenters. The summed E-state index contributed by atoms with van der Waals surface area (Å²) in [6.45, 7) is 0.509. The smallest absolute Gasteiger partial charge is 0.243 e. The van der Waals surface area contributed by atoms with Crippen LogP contribution in [-0.4, -0.2) is 31.9 Å². The Morgan fingerprint density at radius 3 is 2.39 bits per heavy atom. The Morgan fingerprint density at radius 2 is 1.83 bits per heavy atom. The van der Waals surface area contributed by atoms with Gasteiger partial charge in [-0.3, -0.25) is 0 Å². The van der Waals surface area contributed by atoms with Crippen LogP contribution in [0, 0.1) is 11.6 Å². The van der Waals surface area contributed by atoms with Gasteiger partial charge in [-0.1, -0.05) is 0 Å². The molecule has 0 saturated carbocycles. The lowest BCUT2D eigenvalue weighted by molar-refractivity contribution is 0.316. The normalized spacial score (nSPS) is 22.1. The molecule has 0 unspecified atom stereocenters. The topological polar surface area (TPSA) is 63.4 Å². The van der Waals surface area contributed by atoms with Crippen molar-refractivity contribution < 1.29 is 17.2 Å². The minimum Gasteiger partial charge on any atom is -0.327 e. The number of nitrogens with two attached hydrogens (primary N) is 1. The number of nitrogens with zero attached hydrogens (tertiary/aromatic N) is 1. The average molecular weight is 276 g/mol. The maximum atomic E-state index is 13.1. The van der Waals surface area contributed by atoms with Crippen LogP contribution in [0.15, 0.2) is 23.1 Å². The maximum absolute atomic E-state index is 13.1. The van der Waals surface area contributed by atoms with Gasteiger partial charge in [0.05, 0.1) is 4.90 Å². The van der Waals surface area contributed by atoms with Crippen LogP contribution in [0.5, 0.6) is 0 Å². The molecule has 1 heterocycles. The van der Waals surface area contributed by atoms with E-state index < -0.39 is 21.7 Å². The molecule has 1 saturated heterocycles. The largest absolute Gasteiger partial charge is 0.327 e. The van der Waals surface area contributed by atoms with E-state index in [0.29, 0.717) is 19.0 Å². The second kappa shape index (κ2) is 4.91. The molecular formula is C11H14F2N2O2S. The first-order valence-electron chi connectivity index (χ1n) is 5.61. The summed E-state index contributed by atoms with van der Waals surface area (Å²) >= 11 is 0. The molecule has 0 spiro atoms. The molecule has 0 aromatic heterocycles. The maximum Gasteiger partial charge on any atom is 0.243 e. The summed E-state index contributed by atoms with van der Waals surface area (Å²) < 4.78 is 51.6. The minimum absolute atomic E-state index is 0.181. The van der Waals surface area contributed by atoms with E-state index in [4.69, 9.17) is 5.73 Å². The highest BCUT2D eigenvalue weighted by Crippen LogP contribution is 2.21. The number of sulfonamides is 1. The Labute approximate surface area is 104 Å². The van der Waals surface area contributed by atoms with E-state index in [0.717, 1.165) is 18.6 Å². The summed E-state index contributed by atoms with van der Waals surface area (Å²) in [4.78, 5) is -0.367.